The highest BCUT2D eigenvalue weighted by molar-refractivity contribution is 5.53. The van der Waals surface area contributed by atoms with Gasteiger partial charge in [0.25, 0.3) is 0 Å². The van der Waals surface area contributed by atoms with Crippen LogP contribution in [0, 0.1) is 11.3 Å². The molecule has 1 heterocycles. The summed E-state index contributed by atoms with van der Waals surface area (Å²) in [6.07, 6.45) is 1.41. The summed E-state index contributed by atoms with van der Waals surface area (Å²) >= 11 is 0. The molecule has 5 nitrogen and oxygen atoms in total. The summed E-state index contributed by atoms with van der Waals surface area (Å²) < 4.78 is 10.9. The molecule has 1 aromatic carbocycles. The van der Waals surface area contributed by atoms with Crippen LogP contribution < -0.4 is 15.2 Å². The number of rotatable bonds is 4. The Morgan fingerprint density at radius 3 is 2.79 bits per heavy atom. The Labute approximate surface area is 111 Å². The molecule has 0 spiro atoms. The molecule has 96 valence electrons. The molecule has 0 amide bonds. The van der Waals surface area contributed by atoms with Crippen LogP contribution in [0.4, 0.5) is 5.69 Å². The van der Waals surface area contributed by atoms with E-state index in [9.17, 15) is 0 Å². The van der Waals surface area contributed by atoms with Gasteiger partial charge in [-0.25, -0.2) is 4.98 Å². The van der Waals surface area contributed by atoms with Crippen molar-refractivity contribution in [3.8, 4) is 23.4 Å². The molecule has 19 heavy (non-hydrogen) atoms. The molecule has 0 aliphatic heterocycles. The predicted octanol–water partition coefficient (Wildman–Crippen LogP) is 2.73. The Morgan fingerprint density at radius 2 is 2.11 bits per heavy atom. The van der Waals surface area contributed by atoms with E-state index in [1.807, 2.05) is 25.1 Å². The summed E-state index contributed by atoms with van der Waals surface area (Å²) in [7, 11) is 0. The van der Waals surface area contributed by atoms with Gasteiger partial charge < -0.3 is 15.2 Å². The highest BCUT2D eigenvalue weighted by Crippen LogP contribution is 2.27. The minimum absolute atomic E-state index is 0.271. The SMILES string of the molecule is CCOc1cccc(Oc2ncc(C#N)cc2N)c1. The van der Waals surface area contributed by atoms with E-state index in [-0.39, 0.29) is 5.88 Å². The lowest BCUT2D eigenvalue weighted by Crippen LogP contribution is -1.96. The number of nitrogen functional groups attached to an aromatic ring is 1. The van der Waals surface area contributed by atoms with Gasteiger partial charge in [-0.3, -0.25) is 0 Å². The summed E-state index contributed by atoms with van der Waals surface area (Å²) in [6.45, 7) is 2.49. The van der Waals surface area contributed by atoms with Crippen LogP contribution in [0.5, 0.6) is 17.4 Å². The molecular formula is C14H13N3O2. The fourth-order valence-corrected chi connectivity index (χ4v) is 1.52. The highest BCUT2D eigenvalue weighted by Gasteiger charge is 2.06. The van der Waals surface area contributed by atoms with E-state index in [1.54, 1.807) is 12.1 Å². The molecule has 1 aromatic heterocycles. The van der Waals surface area contributed by atoms with E-state index in [2.05, 4.69) is 4.98 Å². The summed E-state index contributed by atoms with van der Waals surface area (Å²) in [4.78, 5) is 4.01. The van der Waals surface area contributed by atoms with Crippen LogP contribution in [0.2, 0.25) is 0 Å². The number of nitriles is 1. The number of nitrogens with zero attached hydrogens (tertiary/aromatic N) is 2. The Morgan fingerprint density at radius 1 is 1.32 bits per heavy atom. The second-order valence-electron chi connectivity index (χ2n) is 3.74. The standard InChI is InChI=1S/C14H13N3O2/c1-2-18-11-4-3-5-12(7-11)19-14-13(16)6-10(8-15)9-17-14/h3-7,9H,2,16H2,1H3. The van der Waals surface area contributed by atoms with Crippen LogP contribution in [0.15, 0.2) is 36.5 Å². The molecule has 0 saturated heterocycles. The lowest BCUT2D eigenvalue weighted by Gasteiger charge is -2.09. The average molecular weight is 255 g/mol. The molecule has 2 N–H and O–H groups in total. The Balaban J connectivity index is 2.21. The van der Waals surface area contributed by atoms with Crippen molar-refractivity contribution in [2.45, 2.75) is 6.92 Å². The molecule has 0 atom stereocenters. The zero-order chi connectivity index (χ0) is 13.7. The lowest BCUT2D eigenvalue weighted by atomic mass is 10.3. The predicted molar refractivity (Wildman–Crippen MR) is 71.0 cm³/mol. The van der Waals surface area contributed by atoms with Gasteiger partial charge in [0.2, 0.25) is 5.88 Å². The van der Waals surface area contributed by atoms with Gasteiger partial charge >= 0.3 is 0 Å². The van der Waals surface area contributed by atoms with Crippen molar-refractivity contribution in [2.75, 3.05) is 12.3 Å². The molecule has 0 fully saturated rings. The monoisotopic (exact) mass is 255 g/mol. The maximum absolute atomic E-state index is 8.74. The fraction of sp³-hybridized carbons (Fsp3) is 0.143. The van der Waals surface area contributed by atoms with Gasteiger partial charge in [-0.05, 0) is 25.1 Å². The van der Waals surface area contributed by atoms with E-state index >= 15 is 0 Å². The molecule has 0 aliphatic rings. The maximum atomic E-state index is 8.74. The summed E-state index contributed by atoms with van der Waals surface area (Å²) in [6, 6.07) is 10.7. The van der Waals surface area contributed by atoms with Gasteiger partial charge in [-0.1, -0.05) is 6.07 Å². The number of nitrogens with two attached hydrogens (primary N) is 1. The molecule has 2 aromatic rings. The highest BCUT2D eigenvalue weighted by atomic mass is 16.5. The minimum Gasteiger partial charge on any atom is -0.494 e. The summed E-state index contributed by atoms with van der Waals surface area (Å²) in [5.74, 6) is 1.56. The Kier molecular flexibility index (Phi) is 3.84. The first kappa shape index (κ1) is 12.7. The number of benzene rings is 1. The molecule has 0 unspecified atom stereocenters. The number of hydrogen-bond acceptors (Lipinski definition) is 5. The number of anilines is 1. The third-order valence-corrected chi connectivity index (χ3v) is 2.34. The normalized spacial score (nSPS) is 9.68. The van der Waals surface area contributed by atoms with Gasteiger partial charge in [-0.15, -0.1) is 0 Å². The van der Waals surface area contributed by atoms with Crippen molar-refractivity contribution >= 4 is 5.69 Å². The second kappa shape index (κ2) is 5.74. The number of ether oxygens (including phenoxy) is 2. The van der Waals surface area contributed by atoms with Crippen LogP contribution in [0.3, 0.4) is 0 Å². The van der Waals surface area contributed by atoms with E-state index in [0.29, 0.717) is 29.4 Å². The molecule has 0 aliphatic carbocycles. The lowest BCUT2D eigenvalue weighted by molar-refractivity contribution is 0.338. The van der Waals surface area contributed by atoms with Gasteiger partial charge in [-0.2, -0.15) is 5.26 Å². The first-order valence-electron chi connectivity index (χ1n) is 5.79. The van der Waals surface area contributed by atoms with Gasteiger partial charge in [0.1, 0.15) is 17.6 Å². The first-order valence-corrected chi connectivity index (χ1v) is 5.79. The van der Waals surface area contributed by atoms with Crippen LogP contribution in [0.25, 0.3) is 0 Å². The van der Waals surface area contributed by atoms with Crippen molar-refractivity contribution in [1.82, 2.24) is 4.98 Å². The van der Waals surface area contributed by atoms with Crippen molar-refractivity contribution < 1.29 is 9.47 Å². The maximum Gasteiger partial charge on any atom is 0.242 e. The average Bonchev–Trinajstić information content (AvgIpc) is 2.42. The van der Waals surface area contributed by atoms with Crippen molar-refractivity contribution in [1.29, 1.82) is 5.26 Å². The number of pyridine rings is 1. The van der Waals surface area contributed by atoms with Crippen molar-refractivity contribution in [3.63, 3.8) is 0 Å². The second-order valence-corrected chi connectivity index (χ2v) is 3.74. The third-order valence-electron chi connectivity index (χ3n) is 2.34. The minimum atomic E-state index is 0.271. The van der Waals surface area contributed by atoms with Crippen molar-refractivity contribution in [2.24, 2.45) is 0 Å². The van der Waals surface area contributed by atoms with Crippen LogP contribution in [0.1, 0.15) is 12.5 Å². The molecule has 0 radical (unpaired) electrons. The zero-order valence-electron chi connectivity index (χ0n) is 10.5. The number of hydrogen-bond donors (Lipinski definition) is 1. The van der Waals surface area contributed by atoms with Gasteiger partial charge in [0.15, 0.2) is 0 Å². The van der Waals surface area contributed by atoms with Crippen LogP contribution in [-0.2, 0) is 0 Å². The van der Waals surface area contributed by atoms with Gasteiger partial charge in [0, 0.05) is 12.3 Å². The van der Waals surface area contributed by atoms with Gasteiger partial charge in [0.05, 0.1) is 17.9 Å². The Bertz CT molecular complexity index is 620. The molecule has 2 rings (SSSR count). The largest absolute Gasteiger partial charge is 0.494 e. The molecular weight excluding hydrogens is 242 g/mol. The molecule has 5 heteroatoms. The first-order chi connectivity index (χ1) is 9.22. The van der Waals surface area contributed by atoms with Crippen molar-refractivity contribution in [3.05, 3.63) is 42.1 Å². The van der Waals surface area contributed by atoms with E-state index < -0.39 is 0 Å². The number of aromatic nitrogens is 1. The topological polar surface area (TPSA) is 81.2 Å². The smallest absolute Gasteiger partial charge is 0.242 e. The van der Waals surface area contributed by atoms with Crippen LogP contribution in [-0.4, -0.2) is 11.6 Å². The zero-order valence-corrected chi connectivity index (χ0v) is 10.5. The van der Waals surface area contributed by atoms with E-state index in [0.717, 1.165) is 0 Å². The summed E-state index contributed by atoms with van der Waals surface area (Å²) in [5.41, 5.74) is 6.49. The third kappa shape index (κ3) is 3.13. The quantitative estimate of drug-likeness (QED) is 0.908. The molecule has 0 saturated carbocycles. The Hall–Kier alpha value is -2.74. The van der Waals surface area contributed by atoms with Crippen LogP contribution >= 0.6 is 0 Å². The van der Waals surface area contributed by atoms with E-state index in [1.165, 1.54) is 12.3 Å². The summed E-state index contributed by atoms with van der Waals surface area (Å²) in [5, 5.41) is 8.74. The fourth-order valence-electron chi connectivity index (χ4n) is 1.52. The van der Waals surface area contributed by atoms with E-state index in [4.69, 9.17) is 20.5 Å². The molecule has 0 bridgehead atoms.